The zero-order valence-corrected chi connectivity index (χ0v) is 5.27. The van der Waals surface area contributed by atoms with Crippen LogP contribution in [0.15, 0.2) is 12.2 Å². The van der Waals surface area contributed by atoms with E-state index in [0.29, 0.717) is 6.42 Å². The highest BCUT2D eigenvalue weighted by Crippen LogP contribution is 2.26. The van der Waals surface area contributed by atoms with Crippen LogP contribution >= 0.6 is 0 Å². The molecule has 0 saturated carbocycles. The molecule has 0 aromatic carbocycles. The molecule has 0 spiro atoms. The summed E-state index contributed by atoms with van der Waals surface area (Å²) < 4.78 is 0. The Morgan fingerprint density at radius 3 is 2.60 bits per heavy atom. The second-order valence-electron chi connectivity index (χ2n) is 2.46. The van der Waals surface area contributed by atoms with Crippen LogP contribution < -0.4 is 0 Å². The molecular weight excluding hydrogens is 136 g/mol. The third kappa shape index (κ3) is 0.856. The van der Waals surface area contributed by atoms with Crippen molar-refractivity contribution in [1.82, 2.24) is 0 Å². The smallest absolute Gasteiger partial charge is 0.141 e. The summed E-state index contributed by atoms with van der Waals surface area (Å²) in [6.07, 6.45) is 3.85. The van der Waals surface area contributed by atoms with Crippen LogP contribution in [0.5, 0.6) is 0 Å². The van der Waals surface area contributed by atoms with Crippen LogP contribution in [-0.4, -0.2) is 23.6 Å². The molecule has 56 valence electrons. The Kier molecular flexibility index (Phi) is 1.46. The predicted octanol–water partition coefficient (Wildman–Crippen LogP) is 0.504. The summed E-state index contributed by atoms with van der Waals surface area (Å²) in [6, 6.07) is 0. The van der Waals surface area contributed by atoms with Gasteiger partial charge in [-0.05, 0) is 0 Å². The molecule has 0 amide bonds. The van der Waals surface area contributed by atoms with Crippen LogP contribution in [0.3, 0.4) is 0 Å². The van der Waals surface area contributed by atoms with Crippen LogP contribution in [0, 0.1) is 0 Å². The Bertz CT molecular complexity index is 156. The van der Waals surface area contributed by atoms with Gasteiger partial charge in [-0.25, -0.2) is 14.7 Å². The Morgan fingerprint density at radius 1 is 1.40 bits per heavy atom. The van der Waals surface area contributed by atoms with Crippen LogP contribution in [0.25, 0.3) is 0 Å². The molecule has 1 N–H and O–H groups in total. The number of hydrogen-bond donors (Lipinski definition) is 1. The van der Waals surface area contributed by atoms with Crippen molar-refractivity contribution in [3.63, 3.8) is 0 Å². The molecule has 0 aromatic rings. The molecule has 3 rings (SSSR count). The number of fused-ring (bicyclic) bond motifs is 2. The highest BCUT2D eigenvalue weighted by Gasteiger charge is 2.35. The minimum absolute atomic E-state index is 0.0536. The molecule has 0 unspecified atom stereocenters. The third-order valence-corrected chi connectivity index (χ3v) is 1.77. The molecule has 1 fully saturated rings. The van der Waals surface area contributed by atoms with Gasteiger partial charge in [0, 0.05) is 6.42 Å². The van der Waals surface area contributed by atoms with Crippen LogP contribution in [0.1, 0.15) is 6.42 Å². The van der Waals surface area contributed by atoms with Crippen molar-refractivity contribution in [3.05, 3.63) is 12.2 Å². The van der Waals surface area contributed by atoms with E-state index < -0.39 is 0 Å². The largest absolute Gasteiger partial charge is 0.251 e. The van der Waals surface area contributed by atoms with Gasteiger partial charge in [0.1, 0.15) is 18.3 Å². The van der Waals surface area contributed by atoms with E-state index in [1.165, 1.54) is 0 Å². The van der Waals surface area contributed by atoms with E-state index in [0.717, 1.165) is 0 Å². The molecular formula is C6H8O4. The lowest BCUT2D eigenvalue weighted by atomic mass is 9.99. The van der Waals surface area contributed by atoms with E-state index in [2.05, 4.69) is 4.89 Å². The molecule has 2 bridgehead atoms. The number of hydrogen-bond acceptors (Lipinski definition) is 4. The van der Waals surface area contributed by atoms with Gasteiger partial charge in [-0.3, -0.25) is 5.26 Å². The first-order valence-electron chi connectivity index (χ1n) is 3.21. The van der Waals surface area contributed by atoms with Crippen molar-refractivity contribution < 1.29 is 19.9 Å². The molecule has 3 aliphatic rings. The third-order valence-electron chi connectivity index (χ3n) is 1.77. The maximum Gasteiger partial charge on any atom is 0.141 e. The van der Waals surface area contributed by atoms with Gasteiger partial charge in [-0.1, -0.05) is 12.2 Å². The molecule has 2 aliphatic heterocycles. The van der Waals surface area contributed by atoms with Crippen molar-refractivity contribution in [3.8, 4) is 0 Å². The Morgan fingerprint density at radius 2 is 2.30 bits per heavy atom. The van der Waals surface area contributed by atoms with Gasteiger partial charge in [0.2, 0.25) is 0 Å². The highest BCUT2D eigenvalue weighted by atomic mass is 17.2. The van der Waals surface area contributed by atoms with E-state index in [1.807, 2.05) is 12.2 Å². The van der Waals surface area contributed by atoms with Crippen molar-refractivity contribution in [2.45, 2.75) is 24.7 Å². The summed E-state index contributed by atoms with van der Waals surface area (Å²) >= 11 is 0. The van der Waals surface area contributed by atoms with E-state index >= 15 is 0 Å². The lowest BCUT2D eigenvalue weighted by Crippen LogP contribution is -2.42. The summed E-state index contributed by atoms with van der Waals surface area (Å²) in [5.74, 6) is 0. The van der Waals surface area contributed by atoms with Crippen molar-refractivity contribution in [1.29, 1.82) is 0 Å². The van der Waals surface area contributed by atoms with Gasteiger partial charge in [-0.15, -0.1) is 0 Å². The van der Waals surface area contributed by atoms with E-state index in [4.69, 9.17) is 15.0 Å². The summed E-state index contributed by atoms with van der Waals surface area (Å²) in [5.41, 5.74) is 0. The quantitative estimate of drug-likeness (QED) is 0.331. The van der Waals surface area contributed by atoms with E-state index in [-0.39, 0.29) is 18.3 Å². The molecule has 0 aromatic heterocycles. The minimum Gasteiger partial charge on any atom is -0.251 e. The predicted molar refractivity (Wildman–Crippen MR) is 31.0 cm³/mol. The number of rotatable bonds is 1. The second kappa shape index (κ2) is 2.32. The van der Waals surface area contributed by atoms with Crippen molar-refractivity contribution in [2.75, 3.05) is 0 Å². The van der Waals surface area contributed by atoms with Gasteiger partial charge in [0.05, 0.1) is 0 Å². The molecule has 0 radical (unpaired) electrons. The molecule has 4 nitrogen and oxygen atoms in total. The van der Waals surface area contributed by atoms with E-state index in [1.54, 1.807) is 0 Å². The topological polar surface area (TPSA) is 47.9 Å². The summed E-state index contributed by atoms with van der Waals surface area (Å²) in [4.78, 5) is 13.8. The molecule has 2 heterocycles. The summed E-state index contributed by atoms with van der Waals surface area (Å²) in [7, 11) is 0. The van der Waals surface area contributed by atoms with Crippen LogP contribution in [0.4, 0.5) is 0 Å². The zero-order valence-electron chi connectivity index (χ0n) is 5.27. The Labute approximate surface area is 57.9 Å². The maximum absolute atomic E-state index is 8.34. The monoisotopic (exact) mass is 144 g/mol. The second-order valence-corrected chi connectivity index (χ2v) is 2.46. The van der Waals surface area contributed by atoms with Crippen LogP contribution in [0.2, 0.25) is 0 Å². The molecule has 10 heavy (non-hydrogen) atoms. The first-order valence-corrected chi connectivity index (χ1v) is 3.21. The first-order chi connectivity index (χ1) is 4.90. The van der Waals surface area contributed by atoms with Crippen molar-refractivity contribution in [2.24, 2.45) is 0 Å². The summed E-state index contributed by atoms with van der Waals surface area (Å²) in [6.45, 7) is 0. The highest BCUT2D eigenvalue weighted by molar-refractivity contribution is 5.06. The van der Waals surface area contributed by atoms with Crippen LogP contribution in [-0.2, 0) is 14.7 Å². The van der Waals surface area contributed by atoms with Gasteiger partial charge >= 0.3 is 0 Å². The average molecular weight is 144 g/mol. The summed E-state index contributed by atoms with van der Waals surface area (Å²) in [5, 5.41) is 8.34. The Balaban J connectivity index is 2.11. The van der Waals surface area contributed by atoms with E-state index in [9.17, 15) is 0 Å². The van der Waals surface area contributed by atoms with Gasteiger partial charge in [0.25, 0.3) is 0 Å². The molecule has 4 heteroatoms. The Hall–Kier alpha value is -0.420. The molecule has 3 atom stereocenters. The lowest BCUT2D eigenvalue weighted by Gasteiger charge is -2.34. The maximum atomic E-state index is 8.34. The molecule has 1 aliphatic carbocycles. The SMILES string of the molecule is OO[C@H]1C[C@@H]2C=C[C@H]1OO2. The standard InChI is InChI=1S/C6H8O4/c7-8-6-3-4-1-2-5(6)10-9-4/h1-2,4-7H,3H2/t4-,5+,6-/m0/s1. The molecule has 1 saturated heterocycles. The van der Waals surface area contributed by atoms with Crippen molar-refractivity contribution >= 4 is 0 Å². The van der Waals surface area contributed by atoms with Gasteiger partial charge < -0.3 is 0 Å². The lowest BCUT2D eigenvalue weighted by molar-refractivity contribution is -0.415. The fourth-order valence-corrected chi connectivity index (χ4v) is 1.20. The fourth-order valence-electron chi connectivity index (χ4n) is 1.20. The average Bonchev–Trinajstić information content (AvgIpc) is 2.06. The van der Waals surface area contributed by atoms with Gasteiger partial charge in [-0.2, -0.15) is 0 Å². The first kappa shape index (κ1) is 6.30. The van der Waals surface area contributed by atoms with Gasteiger partial charge in [0.15, 0.2) is 0 Å². The zero-order chi connectivity index (χ0) is 6.97. The minimum atomic E-state index is -0.260. The fraction of sp³-hybridized carbons (Fsp3) is 0.667. The normalized spacial score (nSPS) is 44.3.